The number of hydrogen-bond donors (Lipinski definition) is 1. The number of hydrogen-bond acceptors (Lipinski definition) is 2. The fraction of sp³-hybridized carbons (Fsp3) is 0.600. The van der Waals surface area contributed by atoms with Gasteiger partial charge in [-0.15, -0.1) is 0 Å². The summed E-state index contributed by atoms with van der Waals surface area (Å²) >= 11 is 0. The Kier molecular flexibility index (Phi) is 13.1. The molecule has 2 aromatic carbocycles. The second-order valence-electron chi connectivity index (χ2n) is 9.98. The van der Waals surface area contributed by atoms with Gasteiger partial charge in [0.25, 0.3) is 0 Å². The minimum Gasteiger partial charge on any atom is -0.365 e. The van der Waals surface area contributed by atoms with Crippen LogP contribution in [-0.4, -0.2) is 5.60 Å². The fourth-order valence-electron chi connectivity index (χ4n) is 4.15. The van der Waals surface area contributed by atoms with E-state index >= 15 is 0 Å². The van der Waals surface area contributed by atoms with Crippen molar-refractivity contribution in [1.82, 2.24) is 0 Å². The zero-order chi connectivity index (χ0) is 25.0. The lowest BCUT2D eigenvalue weighted by Crippen LogP contribution is -2.41. The molecule has 0 heterocycles. The second-order valence-corrected chi connectivity index (χ2v) is 9.98. The molecule has 0 aromatic heterocycles. The lowest BCUT2D eigenvalue weighted by molar-refractivity contribution is -0.148. The maximum absolute atomic E-state index is 6.78. The van der Waals surface area contributed by atoms with Crippen LogP contribution in [0.4, 0.5) is 0 Å². The van der Waals surface area contributed by atoms with Crippen molar-refractivity contribution in [3.05, 3.63) is 70.8 Å². The van der Waals surface area contributed by atoms with E-state index in [-0.39, 0.29) is 16.6 Å². The van der Waals surface area contributed by atoms with Crippen LogP contribution in [0.15, 0.2) is 48.5 Å². The van der Waals surface area contributed by atoms with Gasteiger partial charge >= 0.3 is 0 Å². The molecule has 0 spiro atoms. The number of nitrogens with two attached hydrogens (primary N) is 1. The molecule has 0 fully saturated rings. The molecule has 1 unspecified atom stereocenters. The summed E-state index contributed by atoms with van der Waals surface area (Å²) in [5.74, 6) is 0. The number of benzene rings is 2. The van der Waals surface area contributed by atoms with E-state index in [1.54, 1.807) is 0 Å². The van der Waals surface area contributed by atoms with Gasteiger partial charge in [0.2, 0.25) is 0 Å². The summed E-state index contributed by atoms with van der Waals surface area (Å²) in [6.45, 7) is 24.4. The Morgan fingerprint density at radius 1 is 0.750 bits per heavy atom. The van der Waals surface area contributed by atoms with E-state index in [2.05, 4.69) is 111 Å². The second kappa shape index (κ2) is 13.8. The smallest absolute Gasteiger partial charge is 0.0907 e. The summed E-state index contributed by atoms with van der Waals surface area (Å²) in [6, 6.07) is 17.4. The molecule has 182 valence electrons. The van der Waals surface area contributed by atoms with Gasteiger partial charge in [0.05, 0.1) is 11.2 Å². The molecule has 0 radical (unpaired) electrons. The van der Waals surface area contributed by atoms with Gasteiger partial charge in [-0.2, -0.15) is 0 Å². The summed E-state index contributed by atoms with van der Waals surface area (Å²) in [4.78, 5) is 0. The van der Waals surface area contributed by atoms with Crippen molar-refractivity contribution in [3.63, 3.8) is 0 Å². The largest absolute Gasteiger partial charge is 0.365 e. The lowest BCUT2D eigenvalue weighted by atomic mass is 9.75. The molecule has 32 heavy (non-hydrogen) atoms. The van der Waals surface area contributed by atoms with E-state index < -0.39 is 0 Å². The summed E-state index contributed by atoms with van der Waals surface area (Å²) in [5, 5.41) is 0. The molecule has 2 aromatic rings. The monoisotopic (exact) mass is 441 g/mol. The molecule has 0 bridgehead atoms. The molecule has 1 atom stereocenters. The molecule has 0 amide bonds. The average Bonchev–Trinajstić information content (AvgIpc) is 2.75. The zero-order valence-corrected chi connectivity index (χ0v) is 22.9. The molecule has 0 aliphatic heterocycles. The first kappa shape index (κ1) is 30.4. The van der Waals surface area contributed by atoms with Crippen molar-refractivity contribution in [2.75, 3.05) is 0 Å². The van der Waals surface area contributed by atoms with Crippen molar-refractivity contribution < 1.29 is 4.74 Å². The molecular weight excluding hydrogens is 390 g/mol. The predicted octanol–water partition coefficient (Wildman–Crippen LogP) is 8.68. The van der Waals surface area contributed by atoms with Crippen LogP contribution in [0.3, 0.4) is 0 Å². The molecule has 0 aliphatic carbocycles. The first-order valence-electron chi connectivity index (χ1n) is 12.5. The predicted molar refractivity (Wildman–Crippen MR) is 143 cm³/mol. The van der Waals surface area contributed by atoms with E-state index in [1.165, 1.54) is 23.1 Å². The summed E-state index contributed by atoms with van der Waals surface area (Å²) in [5.41, 5.74) is 10.2. The van der Waals surface area contributed by atoms with Gasteiger partial charge in [-0.25, -0.2) is 0 Å². The van der Waals surface area contributed by atoms with Gasteiger partial charge in [-0.1, -0.05) is 109 Å². The summed E-state index contributed by atoms with van der Waals surface area (Å²) < 4.78 is 6.78. The summed E-state index contributed by atoms with van der Waals surface area (Å²) in [6.07, 6.45) is 3.11. The van der Waals surface area contributed by atoms with Crippen LogP contribution in [0, 0.1) is 6.92 Å². The Hall–Kier alpha value is -1.64. The Balaban J connectivity index is 0.00000177. The molecule has 2 N–H and O–H groups in total. The first-order chi connectivity index (χ1) is 14.9. The topological polar surface area (TPSA) is 35.2 Å². The highest BCUT2D eigenvalue weighted by atomic mass is 16.5. The van der Waals surface area contributed by atoms with Crippen molar-refractivity contribution >= 4 is 0 Å². The molecule has 0 saturated heterocycles. The van der Waals surface area contributed by atoms with Crippen LogP contribution < -0.4 is 5.73 Å². The highest BCUT2D eigenvalue weighted by molar-refractivity contribution is 5.29. The fourth-order valence-corrected chi connectivity index (χ4v) is 4.15. The van der Waals surface area contributed by atoms with Crippen molar-refractivity contribution in [2.45, 2.75) is 119 Å². The quantitative estimate of drug-likeness (QED) is 0.444. The number of ether oxygens (including phenoxy) is 1. The molecule has 2 heteroatoms. The highest BCUT2D eigenvalue weighted by Gasteiger charge is 2.37. The van der Waals surface area contributed by atoms with E-state index in [0.29, 0.717) is 6.54 Å². The third-order valence-electron chi connectivity index (χ3n) is 5.68. The van der Waals surface area contributed by atoms with Crippen LogP contribution in [0.1, 0.15) is 111 Å². The van der Waals surface area contributed by atoms with Gasteiger partial charge in [0.1, 0.15) is 0 Å². The maximum atomic E-state index is 6.78. The van der Waals surface area contributed by atoms with Gasteiger partial charge in [-0.3, -0.25) is 0 Å². The van der Waals surface area contributed by atoms with E-state index in [4.69, 9.17) is 10.5 Å². The van der Waals surface area contributed by atoms with Crippen LogP contribution in [0.25, 0.3) is 0 Å². The SMILES string of the molecule is CC.CCC.CCC(C)(OC(C)(C)CC(C)(C)c1ccc(C)cc1)c1ccc(CN)cc1. The third-order valence-corrected chi connectivity index (χ3v) is 5.68. The van der Waals surface area contributed by atoms with Crippen LogP contribution in [0.5, 0.6) is 0 Å². The molecular formula is C30H51NO. The Morgan fingerprint density at radius 3 is 1.59 bits per heavy atom. The average molecular weight is 442 g/mol. The standard InChI is InChI=1S/C25H37NO.C3H8.C2H6/c1-8-25(7,22-15-11-20(17-26)12-16-22)27-24(5,6)18-23(3,4)21-13-9-19(2)10-14-21;1-3-2;1-2/h9-16H,8,17-18,26H2,1-7H3;3H2,1-2H3;1-2H3. The lowest BCUT2D eigenvalue weighted by Gasteiger charge is -2.42. The van der Waals surface area contributed by atoms with Crippen LogP contribution in [-0.2, 0) is 22.3 Å². The minimum atomic E-state index is -0.319. The van der Waals surface area contributed by atoms with Crippen molar-refractivity contribution in [3.8, 4) is 0 Å². The van der Waals surface area contributed by atoms with E-state index in [1.807, 2.05) is 13.8 Å². The molecule has 2 rings (SSSR count). The Bertz CT molecular complexity index is 743. The highest BCUT2D eigenvalue weighted by Crippen LogP contribution is 2.40. The molecule has 2 nitrogen and oxygen atoms in total. The number of rotatable bonds is 8. The van der Waals surface area contributed by atoms with Crippen molar-refractivity contribution in [1.29, 1.82) is 0 Å². The van der Waals surface area contributed by atoms with E-state index in [0.717, 1.165) is 18.4 Å². The first-order valence-corrected chi connectivity index (χ1v) is 12.5. The van der Waals surface area contributed by atoms with Gasteiger partial charge in [-0.05, 0) is 62.6 Å². The maximum Gasteiger partial charge on any atom is 0.0907 e. The zero-order valence-electron chi connectivity index (χ0n) is 22.9. The summed E-state index contributed by atoms with van der Waals surface area (Å²) in [7, 11) is 0. The van der Waals surface area contributed by atoms with E-state index in [9.17, 15) is 0 Å². The number of aryl methyl sites for hydroxylation is 1. The minimum absolute atomic E-state index is 0.0370. The van der Waals surface area contributed by atoms with Crippen LogP contribution >= 0.6 is 0 Å². The third kappa shape index (κ3) is 9.46. The van der Waals surface area contributed by atoms with Gasteiger partial charge < -0.3 is 10.5 Å². The van der Waals surface area contributed by atoms with Crippen LogP contribution in [0.2, 0.25) is 0 Å². The van der Waals surface area contributed by atoms with Gasteiger partial charge in [0, 0.05) is 6.54 Å². The normalized spacial score (nSPS) is 13.2. The molecule has 0 saturated carbocycles. The Labute approximate surface area is 200 Å². The van der Waals surface area contributed by atoms with Crippen molar-refractivity contribution in [2.24, 2.45) is 5.73 Å². The van der Waals surface area contributed by atoms with Gasteiger partial charge in [0.15, 0.2) is 0 Å². The Morgan fingerprint density at radius 2 is 1.19 bits per heavy atom. The molecule has 0 aliphatic rings.